The lowest BCUT2D eigenvalue weighted by Crippen LogP contribution is -2.31. The Labute approximate surface area is 169 Å². The maximum atomic E-state index is 12.1. The molecule has 7 nitrogen and oxygen atoms in total. The Morgan fingerprint density at radius 3 is 2.48 bits per heavy atom. The monoisotopic (exact) mass is 394 g/mol. The van der Waals surface area contributed by atoms with E-state index in [1.54, 1.807) is 69.7 Å². The van der Waals surface area contributed by atoms with Gasteiger partial charge in [-0.25, -0.2) is 4.79 Å². The van der Waals surface area contributed by atoms with Crippen LogP contribution in [0, 0.1) is 11.3 Å². The Morgan fingerprint density at radius 1 is 1.14 bits per heavy atom. The van der Waals surface area contributed by atoms with Crippen molar-refractivity contribution in [1.82, 2.24) is 5.32 Å². The van der Waals surface area contributed by atoms with E-state index in [0.29, 0.717) is 17.1 Å². The molecule has 0 spiro atoms. The summed E-state index contributed by atoms with van der Waals surface area (Å²) < 4.78 is 15.5. The second kappa shape index (κ2) is 10.5. The number of esters is 1. The van der Waals surface area contributed by atoms with Gasteiger partial charge in [-0.1, -0.05) is 12.1 Å². The predicted molar refractivity (Wildman–Crippen MR) is 107 cm³/mol. The van der Waals surface area contributed by atoms with E-state index in [-0.39, 0.29) is 6.04 Å². The minimum atomic E-state index is -0.642. The minimum absolute atomic E-state index is 0.375. The first-order valence-electron chi connectivity index (χ1n) is 8.83. The Bertz CT molecular complexity index is 929. The Kier molecular flexibility index (Phi) is 7.80. The van der Waals surface area contributed by atoms with Gasteiger partial charge in [-0.2, -0.15) is 5.26 Å². The zero-order chi connectivity index (χ0) is 21.2. The molecule has 0 aromatic heterocycles. The Balaban J connectivity index is 1.88. The summed E-state index contributed by atoms with van der Waals surface area (Å²) in [6.07, 6.45) is 2.77. The van der Waals surface area contributed by atoms with E-state index >= 15 is 0 Å². The third kappa shape index (κ3) is 6.40. The van der Waals surface area contributed by atoms with Crippen LogP contribution in [0.3, 0.4) is 0 Å². The zero-order valence-corrected chi connectivity index (χ0v) is 16.5. The molecular weight excluding hydrogens is 372 g/mol. The van der Waals surface area contributed by atoms with Gasteiger partial charge in [0.15, 0.2) is 6.61 Å². The van der Waals surface area contributed by atoms with Crippen molar-refractivity contribution >= 4 is 18.0 Å². The molecule has 0 heterocycles. The first-order valence-corrected chi connectivity index (χ1v) is 8.83. The van der Waals surface area contributed by atoms with E-state index in [1.807, 2.05) is 6.07 Å². The number of hydrogen-bond acceptors (Lipinski definition) is 6. The third-order valence-electron chi connectivity index (χ3n) is 4.08. The molecule has 2 rings (SSSR count). The maximum absolute atomic E-state index is 12.1. The lowest BCUT2D eigenvalue weighted by atomic mass is 10.1. The second-order valence-electron chi connectivity index (χ2n) is 6.07. The summed E-state index contributed by atoms with van der Waals surface area (Å²) in [7, 11) is 3.10. The van der Waals surface area contributed by atoms with Gasteiger partial charge in [-0.05, 0) is 48.9 Å². The average molecular weight is 394 g/mol. The number of nitrogens with one attached hydrogen (secondary N) is 1. The van der Waals surface area contributed by atoms with Gasteiger partial charge < -0.3 is 19.5 Å². The standard InChI is InChI=1S/C22H22N2O5/c1-15(19-12-18(27-2)9-10-20(19)28-3)24-21(25)14-29-22(26)11-8-16-4-6-17(13-23)7-5-16/h4-12,15H,14H2,1-3H3,(H,24,25)/b11-8+/t15-/m0/s1. The summed E-state index contributed by atoms with van der Waals surface area (Å²) in [4.78, 5) is 23.9. The fourth-order valence-corrected chi connectivity index (χ4v) is 2.56. The van der Waals surface area contributed by atoms with Crippen LogP contribution in [-0.2, 0) is 14.3 Å². The van der Waals surface area contributed by atoms with Crippen LogP contribution in [0.5, 0.6) is 11.5 Å². The largest absolute Gasteiger partial charge is 0.497 e. The smallest absolute Gasteiger partial charge is 0.331 e. The zero-order valence-electron chi connectivity index (χ0n) is 16.5. The van der Waals surface area contributed by atoms with E-state index in [0.717, 1.165) is 11.1 Å². The van der Waals surface area contributed by atoms with E-state index in [2.05, 4.69) is 5.32 Å². The molecular formula is C22H22N2O5. The predicted octanol–water partition coefficient (Wildman–Crippen LogP) is 3.01. The molecule has 0 radical (unpaired) electrons. The molecule has 1 amide bonds. The molecule has 7 heteroatoms. The van der Waals surface area contributed by atoms with Crippen molar-refractivity contribution in [2.24, 2.45) is 0 Å². The molecule has 2 aromatic carbocycles. The maximum Gasteiger partial charge on any atom is 0.331 e. The van der Waals surface area contributed by atoms with Crippen molar-refractivity contribution in [3.05, 3.63) is 65.2 Å². The minimum Gasteiger partial charge on any atom is -0.497 e. The highest BCUT2D eigenvalue weighted by atomic mass is 16.5. The number of ether oxygens (including phenoxy) is 3. The van der Waals surface area contributed by atoms with E-state index in [1.165, 1.54) is 6.08 Å². The van der Waals surface area contributed by atoms with Crippen molar-refractivity contribution in [2.75, 3.05) is 20.8 Å². The van der Waals surface area contributed by atoms with Crippen molar-refractivity contribution < 1.29 is 23.8 Å². The fraction of sp³-hybridized carbons (Fsp3) is 0.227. The van der Waals surface area contributed by atoms with Gasteiger partial charge in [0.05, 0.1) is 31.9 Å². The van der Waals surface area contributed by atoms with Crippen molar-refractivity contribution in [3.8, 4) is 17.6 Å². The number of nitriles is 1. The molecule has 2 aromatic rings. The normalized spacial score (nSPS) is 11.4. The van der Waals surface area contributed by atoms with Crippen LogP contribution in [-0.4, -0.2) is 32.7 Å². The molecule has 0 fully saturated rings. The quantitative estimate of drug-likeness (QED) is 0.546. The number of benzene rings is 2. The molecule has 0 unspecified atom stereocenters. The molecule has 0 bridgehead atoms. The van der Waals surface area contributed by atoms with E-state index in [9.17, 15) is 9.59 Å². The summed E-state index contributed by atoms with van der Waals surface area (Å²) in [6, 6.07) is 13.6. The third-order valence-corrected chi connectivity index (χ3v) is 4.08. The first-order chi connectivity index (χ1) is 14.0. The second-order valence-corrected chi connectivity index (χ2v) is 6.07. The topological polar surface area (TPSA) is 97.7 Å². The van der Waals surface area contributed by atoms with Crippen LogP contribution in [0.1, 0.15) is 29.7 Å². The first kappa shape index (κ1) is 21.5. The van der Waals surface area contributed by atoms with E-state index in [4.69, 9.17) is 19.5 Å². The summed E-state index contributed by atoms with van der Waals surface area (Å²) >= 11 is 0. The number of rotatable bonds is 8. The molecule has 1 N–H and O–H groups in total. The molecule has 29 heavy (non-hydrogen) atoms. The van der Waals surface area contributed by atoms with E-state index < -0.39 is 18.5 Å². The fourth-order valence-electron chi connectivity index (χ4n) is 2.56. The van der Waals surface area contributed by atoms with Crippen LogP contribution < -0.4 is 14.8 Å². The summed E-state index contributed by atoms with van der Waals surface area (Å²) in [6.45, 7) is 1.38. The highest BCUT2D eigenvalue weighted by Crippen LogP contribution is 2.29. The van der Waals surface area contributed by atoms with Crippen molar-refractivity contribution in [1.29, 1.82) is 5.26 Å². The number of carbonyl (C=O) groups is 2. The van der Waals surface area contributed by atoms with Crippen LogP contribution in [0.2, 0.25) is 0 Å². The van der Waals surface area contributed by atoms with Gasteiger partial charge in [0.25, 0.3) is 5.91 Å². The number of methoxy groups -OCH3 is 2. The number of carbonyl (C=O) groups excluding carboxylic acids is 2. The molecule has 150 valence electrons. The average Bonchev–Trinajstić information content (AvgIpc) is 2.75. The van der Waals surface area contributed by atoms with Gasteiger partial charge in [0, 0.05) is 11.6 Å². The summed E-state index contributed by atoms with van der Waals surface area (Å²) in [5, 5.41) is 11.5. The van der Waals surface area contributed by atoms with Crippen molar-refractivity contribution in [3.63, 3.8) is 0 Å². The Hall–Kier alpha value is -3.79. The SMILES string of the molecule is COc1ccc(OC)c([C@H](C)NC(=O)COC(=O)/C=C/c2ccc(C#N)cc2)c1. The lowest BCUT2D eigenvalue weighted by Gasteiger charge is -2.18. The number of nitrogens with zero attached hydrogens (tertiary/aromatic N) is 1. The highest BCUT2D eigenvalue weighted by Gasteiger charge is 2.16. The summed E-state index contributed by atoms with van der Waals surface area (Å²) in [5.41, 5.74) is 2.01. The van der Waals surface area contributed by atoms with Crippen LogP contribution in [0.4, 0.5) is 0 Å². The number of hydrogen-bond donors (Lipinski definition) is 1. The van der Waals surface area contributed by atoms with Gasteiger partial charge in [-0.15, -0.1) is 0 Å². The van der Waals surface area contributed by atoms with Crippen LogP contribution in [0.25, 0.3) is 6.08 Å². The lowest BCUT2D eigenvalue weighted by molar-refractivity contribution is -0.144. The molecule has 0 saturated carbocycles. The molecule has 0 saturated heterocycles. The van der Waals surface area contributed by atoms with Crippen LogP contribution in [0.15, 0.2) is 48.5 Å². The van der Waals surface area contributed by atoms with Gasteiger partial charge in [0.2, 0.25) is 0 Å². The Morgan fingerprint density at radius 2 is 1.86 bits per heavy atom. The van der Waals surface area contributed by atoms with Crippen LogP contribution >= 0.6 is 0 Å². The molecule has 0 aliphatic carbocycles. The van der Waals surface area contributed by atoms with Gasteiger partial charge in [0.1, 0.15) is 11.5 Å². The highest BCUT2D eigenvalue weighted by molar-refractivity contribution is 5.89. The van der Waals surface area contributed by atoms with Gasteiger partial charge >= 0.3 is 5.97 Å². The molecule has 1 atom stereocenters. The summed E-state index contributed by atoms with van der Waals surface area (Å²) in [5.74, 6) is 0.167. The van der Waals surface area contributed by atoms with Gasteiger partial charge in [-0.3, -0.25) is 4.79 Å². The molecule has 0 aliphatic rings. The number of amides is 1. The molecule has 0 aliphatic heterocycles. The van der Waals surface area contributed by atoms with Crippen molar-refractivity contribution in [2.45, 2.75) is 13.0 Å².